The van der Waals surface area contributed by atoms with Gasteiger partial charge in [-0.3, -0.25) is 4.90 Å². The second kappa shape index (κ2) is 23.8. The van der Waals surface area contributed by atoms with Gasteiger partial charge in [-0.05, 0) is 64.6 Å². The summed E-state index contributed by atoms with van der Waals surface area (Å²) < 4.78 is 39.9. The van der Waals surface area contributed by atoms with Crippen molar-refractivity contribution in [3.63, 3.8) is 0 Å². The van der Waals surface area contributed by atoms with Crippen molar-refractivity contribution in [1.29, 1.82) is 0 Å². The van der Waals surface area contributed by atoms with E-state index in [4.69, 9.17) is 32.5 Å². The summed E-state index contributed by atoms with van der Waals surface area (Å²) in [5, 5.41) is 20.5. The molecule has 0 aliphatic carbocycles. The van der Waals surface area contributed by atoms with Gasteiger partial charge in [0.1, 0.15) is 19.3 Å². The van der Waals surface area contributed by atoms with Crippen LogP contribution >= 0.6 is 0 Å². The number of methoxy groups -OCH3 is 1. The SMILES string of the molecule is CCC(O)COCCC[Si](C)(C)O[Si](C)(C)CCCOCC(O)C[N+]1(CC(=O)OCCOCCOCCOC)CCN(C)CC1. The molecule has 0 aromatic carbocycles. The summed E-state index contributed by atoms with van der Waals surface area (Å²) in [6.45, 7) is 19.4. The van der Waals surface area contributed by atoms with Crippen LogP contribution < -0.4 is 0 Å². The fourth-order valence-corrected chi connectivity index (χ4v) is 14.3. The molecule has 268 valence electrons. The second-order valence-electron chi connectivity index (χ2n) is 13.6. The van der Waals surface area contributed by atoms with Gasteiger partial charge in [-0.2, -0.15) is 0 Å². The second-order valence-corrected chi connectivity index (χ2v) is 22.4. The smallest absolute Gasteiger partial charge is 0.361 e. The Morgan fingerprint density at radius 1 is 0.778 bits per heavy atom. The minimum absolute atomic E-state index is 0.198. The zero-order valence-electron chi connectivity index (χ0n) is 29.6. The Bertz CT molecular complexity index is 758. The van der Waals surface area contributed by atoms with Crippen LogP contribution in [0.2, 0.25) is 38.3 Å². The summed E-state index contributed by atoms with van der Waals surface area (Å²) in [6.07, 6.45) is 1.53. The highest BCUT2D eigenvalue weighted by atomic mass is 28.4. The van der Waals surface area contributed by atoms with Crippen molar-refractivity contribution in [3.8, 4) is 0 Å². The molecule has 0 amide bonds. The number of hydrogen-bond acceptors (Lipinski definition) is 11. The number of likely N-dealkylation sites (N-methyl/N-ethyl adjacent to an activating group) is 1. The van der Waals surface area contributed by atoms with Gasteiger partial charge < -0.3 is 47.2 Å². The first kappa shape index (κ1) is 42.5. The van der Waals surface area contributed by atoms with Crippen molar-refractivity contribution >= 4 is 22.6 Å². The molecule has 2 N–H and O–H groups in total. The molecule has 0 saturated carbocycles. The summed E-state index contributed by atoms with van der Waals surface area (Å²) in [6, 6.07) is 2.04. The van der Waals surface area contributed by atoms with Crippen molar-refractivity contribution in [3.05, 3.63) is 0 Å². The Hall–Kier alpha value is -0.496. The molecule has 2 atom stereocenters. The van der Waals surface area contributed by atoms with Crippen LogP contribution in [0.15, 0.2) is 0 Å². The van der Waals surface area contributed by atoms with E-state index in [-0.39, 0.29) is 31.8 Å². The maximum absolute atomic E-state index is 12.7. The maximum atomic E-state index is 12.7. The van der Waals surface area contributed by atoms with E-state index in [1.807, 2.05) is 6.92 Å². The number of carbonyl (C=O) groups excluding carboxylic acids is 1. The Labute approximate surface area is 275 Å². The lowest BCUT2D eigenvalue weighted by molar-refractivity contribution is -0.928. The highest BCUT2D eigenvalue weighted by molar-refractivity contribution is 6.84. The van der Waals surface area contributed by atoms with Crippen molar-refractivity contribution in [2.45, 2.75) is 76.7 Å². The molecule has 0 spiro atoms. The van der Waals surface area contributed by atoms with E-state index in [0.717, 1.165) is 51.1 Å². The zero-order chi connectivity index (χ0) is 33.6. The lowest BCUT2D eigenvalue weighted by atomic mass is 10.2. The minimum Gasteiger partial charge on any atom is -0.459 e. The number of aliphatic hydroxyl groups is 2. The standard InChI is InChI=1S/C31H67N2O10Si2/c1-8-29(34)27-40-15-9-23-44(4,5)43-45(6,7)24-10-16-41-28-30(35)25-33(13-11-32(2)12-14-33)26-31(36)42-22-21-39-20-19-38-18-17-37-3/h29-30,34-35H,8-28H2,1-7H3/q+1. The number of nitrogens with zero attached hydrogens (tertiary/aromatic N) is 2. The maximum Gasteiger partial charge on any atom is 0.361 e. The van der Waals surface area contributed by atoms with Gasteiger partial charge in [0, 0.05) is 33.4 Å². The van der Waals surface area contributed by atoms with Crippen LogP contribution in [0.1, 0.15) is 26.2 Å². The molecule has 45 heavy (non-hydrogen) atoms. The summed E-state index contributed by atoms with van der Waals surface area (Å²) in [5.74, 6) is -0.269. The van der Waals surface area contributed by atoms with E-state index in [9.17, 15) is 15.0 Å². The highest BCUT2D eigenvalue weighted by Gasteiger charge is 2.37. The monoisotopic (exact) mass is 683 g/mol. The average Bonchev–Trinajstić information content (AvgIpc) is 2.96. The molecule has 1 aliphatic rings. The first-order chi connectivity index (χ1) is 21.3. The molecule has 0 aromatic heterocycles. The van der Waals surface area contributed by atoms with Gasteiger partial charge in [0.15, 0.2) is 23.2 Å². The largest absolute Gasteiger partial charge is 0.459 e. The molecular formula is C31H67N2O10Si2+. The van der Waals surface area contributed by atoms with Gasteiger partial charge in [-0.15, -0.1) is 0 Å². The van der Waals surface area contributed by atoms with Crippen molar-refractivity contribution in [1.82, 2.24) is 4.90 Å². The van der Waals surface area contributed by atoms with Crippen LogP contribution in [0.4, 0.5) is 0 Å². The Kier molecular flexibility index (Phi) is 22.5. The molecular weight excluding hydrogens is 617 g/mol. The number of piperazine rings is 1. The fourth-order valence-electron chi connectivity index (χ4n) is 5.50. The van der Waals surface area contributed by atoms with Gasteiger partial charge in [-0.1, -0.05) is 6.92 Å². The molecule has 0 radical (unpaired) electrons. The first-order valence-corrected chi connectivity index (χ1v) is 23.1. The zero-order valence-corrected chi connectivity index (χ0v) is 31.6. The lowest BCUT2D eigenvalue weighted by Gasteiger charge is -2.44. The molecule has 0 aromatic rings. The molecule has 1 aliphatic heterocycles. The fraction of sp³-hybridized carbons (Fsp3) is 0.968. The van der Waals surface area contributed by atoms with Crippen LogP contribution in [0.5, 0.6) is 0 Å². The third kappa shape index (κ3) is 21.9. The number of carbonyl (C=O) groups is 1. The van der Waals surface area contributed by atoms with E-state index in [0.29, 0.717) is 70.3 Å². The van der Waals surface area contributed by atoms with Crippen LogP contribution in [-0.2, 0) is 37.3 Å². The number of hydrogen-bond donors (Lipinski definition) is 2. The average molecular weight is 684 g/mol. The Morgan fingerprint density at radius 3 is 1.82 bits per heavy atom. The number of ether oxygens (including phenoxy) is 6. The molecule has 1 heterocycles. The molecule has 1 rings (SSSR count). The molecule has 1 fully saturated rings. The third-order valence-electron chi connectivity index (χ3n) is 8.05. The quantitative estimate of drug-likeness (QED) is 0.0547. The lowest BCUT2D eigenvalue weighted by Crippen LogP contribution is -2.63. The van der Waals surface area contributed by atoms with Crippen molar-refractivity contribution in [2.75, 3.05) is 119 Å². The Morgan fingerprint density at radius 2 is 1.29 bits per heavy atom. The van der Waals surface area contributed by atoms with Crippen LogP contribution in [-0.4, -0.2) is 174 Å². The van der Waals surface area contributed by atoms with Crippen molar-refractivity contribution in [2.24, 2.45) is 0 Å². The van der Waals surface area contributed by atoms with Crippen LogP contribution in [0.25, 0.3) is 0 Å². The topological polar surface area (TPSA) is 125 Å². The summed E-state index contributed by atoms with van der Waals surface area (Å²) >= 11 is 0. The van der Waals surface area contributed by atoms with E-state index in [1.165, 1.54) is 0 Å². The van der Waals surface area contributed by atoms with Gasteiger partial charge in [0.2, 0.25) is 0 Å². The summed E-state index contributed by atoms with van der Waals surface area (Å²) in [7, 11) is 0.0577. The third-order valence-corrected chi connectivity index (χ3v) is 15.6. The highest BCUT2D eigenvalue weighted by Crippen LogP contribution is 2.24. The predicted octanol–water partition coefficient (Wildman–Crippen LogP) is 2.34. The summed E-state index contributed by atoms with van der Waals surface area (Å²) in [4.78, 5) is 15.0. The van der Waals surface area contributed by atoms with E-state index >= 15 is 0 Å². The van der Waals surface area contributed by atoms with E-state index in [2.05, 4.69) is 38.1 Å². The first-order valence-electron chi connectivity index (χ1n) is 16.9. The van der Waals surface area contributed by atoms with Crippen LogP contribution in [0, 0.1) is 0 Å². The molecule has 12 nitrogen and oxygen atoms in total. The van der Waals surface area contributed by atoms with E-state index < -0.39 is 22.7 Å². The van der Waals surface area contributed by atoms with Gasteiger partial charge in [0.05, 0.1) is 65.4 Å². The van der Waals surface area contributed by atoms with Crippen molar-refractivity contribution < 1.29 is 52.0 Å². The van der Waals surface area contributed by atoms with Gasteiger partial charge in [0.25, 0.3) is 0 Å². The number of aliphatic hydroxyl groups excluding tert-OH is 2. The molecule has 14 heteroatoms. The molecule has 2 unspecified atom stereocenters. The minimum atomic E-state index is -1.85. The summed E-state index contributed by atoms with van der Waals surface area (Å²) in [5.41, 5.74) is 0. The number of esters is 1. The van der Waals surface area contributed by atoms with Gasteiger partial charge >= 0.3 is 5.97 Å². The molecule has 1 saturated heterocycles. The van der Waals surface area contributed by atoms with Gasteiger partial charge in [-0.25, -0.2) is 4.79 Å². The molecule has 0 bridgehead atoms. The number of quaternary nitrogens is 1. The van der Waals surface area contributed by atoms with Crippen LogP contribution in [0.3, 0.4) is 0 Å². The number of rotatable bonds is 28. The van der Waals surface area contributed by atoms with E-state index in [1.54, 1.807) is 7.11 Å². The Balaban J connectivity index is 2.34. The normalized spacial score (nSPS) is 17.4. The predicted molar refractivity (Wildman–Crippen MR) is 181 cm³/mol.